The number of nitrogens with one attached hydrogen (secondary N) is 1. The van der Waals surface area contributed by atoms with Crippen LogP contribution in [0.3, 0.4) is 0 Å². The lowest BCUT2D eigenvalue weighted by Gasteiger charge is -2.15. The van der Waals surface area contributed by atoms with Crippen LogP contribution in [0.2, 0.25) is 0 Å². The van der Waals surface area contributed by atoms with Gasteiger partial charge in [0.25, 0.3) is 5.91 Å². The summed E-state index contributed by atoms with van der Waals surface area (Å²) < 4.78 is 21.1. The summed E-state index contributed by atoms with van der Waals surface area (Å²) in [5.41, 5.74) is 1.13. The van der Waals surface area contributed by atoms with Gasteiger partial charge in [0.1, 0.15) is 11.3 Å². The maximum atomic E-state index is 12.4. The second kappa shape index (κ2) is 8.88. The summed E-state index contributed by atoms with van der Waals surface area (Å²) in [6.07, 6.45) is 0.978. The summed E-state index contributed by atoms with van der Waals surface area (Å²) in [5.74, 6) is 0.719. The molecule has 1 amide bonds. The van der Waals surface area contributed by atoms with Crippen LogP contribution in [0.5, 0.6) is 17.2 Å². The Morgan fingerprint density at radius 3 is 2.71 bits per heavy atom. The Balaban J connectivity index is 1.57. The lowest BCUT2D eigenvalue weighted by atomic mass is 10.2. The van der Waals surface area contributed by atoms with Crippen LogP contribution in [0.4, 0.5) is 0 Å². The molecule has 0 fully saturated rings. The first-order valence-electron chi connectivity index (χ1n) is 8.61. The van der Waals surface area contributed by atoms with Crippen LogP contribution in [0.1, 0.15) is 22.8 Å². The van der Waals surface area contributed by atoms with Gasteiger partial charge >= 0.3 is 5.97 Å². The first-order chi connectivity index (χ1) is 13.5. The minimum atomic E-state index is -0.952. The number of hydrogen-bond donors (Lipinski definition) is 1. The quantitative estimate of drug-likeness (QED) is 0.562. The second-order valence-corrected chi connectivity index (χ2v) is 6.90. The van der Waals surface area contributed by atoms with Crippen molar-refractivity contribution in [2.75, 3.05) is 20.2 Å². The number of esters is 1. The fourth-order valence-electron chi connectivity index (χ4n) is 2.63. The van der Waals surface area contributed by atoms with Gasteiger partial charge in [-0.05, 0) is 49.1 Å². The van der Waals surface area contributed by atoms with E-state index in [1.165, 1.54) is 25.8 Å². The van der Waals surface area contributed by atoms with E-state index in [9.17, 15) is 9.59 Å². The van der Waals surface area contributed by atoms with E-state index in [-0.39, 0.29) is 18.9 Å². The average Bonchev–Trinajstić information content (AvgIpc) is 3.19. The molecule has 3 rings (SSSR count). The van der Waals surface area contributed by atoms with Gasteiger partial charge in [-0.1, -0.05) is 6.07 Å². The SMILES string of the molecule is COc1cc(SC)ccc1C(=O)O[C@@H](C)C(=O)NCc1ccc2c(c1)OCO2. The monoisotopic (exact) mass is 403 g/mol. The highest BCUT2D eigenvalue weighted by Gasteiger charge is 2.22. The van der Waals surface area contributed by atoms with Crippen molar-refractivity contribution in [2.24, 2.45) is 0 Å². The molecule has 2 aromatic rings. The van der Waals surface area contributed by atoms with Gasteiger partial charge in [0.2, 0.25) is 6.79 Å². The third kappa shape index (κ3) is 4.51. The van der Waals surface area contributed by atoms with Gasteiger partial charge in [-0.2, -0.15) is 0 Å². The molecule has 0 unspecified atom stereocenters. The van der Waals surface area contributed by atoms with Crippen molar-refractivity contribution >= 4 is 23.6 Å². The molecule has 0 spiro atoms. The molecule has 0 aromatic heterocycles. The normalized spacial score (nSPS) is 13.0. The van der Waals surface area contributed by atoms with Crippen LogP contribution < -0.4 is 19.5 Å². The zero-order valence-electron chi connectivity index (χ0n) is 15.8. The van der Waals surface area contributed by atoms with Crippen molar-refractivity contribution in [1.29, 1.82) is 0 Å². The van der Waals surface area contributed by atoms with Crippen LogP contribution >= 0.6 is 11.8 Å². The molecule has 8 heteroatoms. The smallest absolute Gasteiger partial charge is 0.342 e. The van der Waals surface area contributed by atoms with Crippen molar-refractivity contribution < 1.29 is 28.5 Å². The molecular formula is C20H21NO6S. The summed E-state index contributed by atoms with van der Waals surface area (Å²) >= 11 is 1.54. The molecular weight excluding hydrogens is 382 g/mol. The summed E-state index contributed by atoms with van der Waals surface area (Å²) in [4.78, 5) is 25.7. The van der Waals surface area contributed by atoms with E-state index < -0.39 is 18.0 Å². The number of carbonyl (C=O) groups excluding carboxylic acids is 2. The maximum absolute atomic E-state index is 12.4. The maximum Gasteiger partial charge on any atom is 0.342 e. The van der Waals surface area contributed by atoms with Crippen LogP contribution in [-0.2, 0) is 16.1 Å². The fraction of sp³-hybridized carbons (Fsp3) is 0.300. The fourth-order valence-corrected chi connectivity index (χ4v) is 3.06. The largest absolute Gasteiger partial charge is 0.496 e. The third-order valence-electron chi connectivity index (χ3n) is 4.19. The van der Waals surface area contributed by atoms with Gasteiger partial charge in [0, 0.05) is 11.4 Å². The first kappa shape index (κ1) is 19.9. The zero-order chi connectivity index (χ0) is 20.1. The molecule has 0 aliphatic carbocycles. The van der Waals surface area contributed by atoms with Crippen LogP contribution in [0, 0.1) is 0 Å². The summed E-state index contributed by atoms with van der Waals surface area (Å²) in [7, 11) is 1.48. The summed E-state index contributed by atoms with van der Waals surface area (Å²) in [5, 5.41) is 2.75. The third-order valence-corrected chi connectivity index (χ3v) is 4.91. The average molecular weight is 403 g/mol. The highest BCUT2D eigenvalue weighted by atomic mass is 32.2. The molecule has 2 aromatic carbocycles. The number of methoxy groups -OCH3 is 1. The molecule has 0 bridgehead atoms. The predicted molar refractivity (Wildman–Crippen MR) is 104 cm³/mol. The summed E-state index contributed by atoms with van der Waals surface area (Å²) in [6.45, 7) is 2.00. The molecule has 28 heavy (non-hydrogen) atoms. The van der Waals surface area contributed by atoms with E-state index in [0.717, 1.165) is 10.5 Å². The predicted octanol–water partition coefficient (Wildman–Crippen LogP) is 3.01. The number of hydrogen-bond acceptors (Lipinski definition) is 7. The van der Waals surface area contributed by atoms with Gasteiger partial charge < -0.3 is 24.3 Å². The van der Waals surface area contributed by atoms with Gasteiger partial charge in [0.15, 0.2) is 17.6 Å². The Kier molecular flexibility index (Phi) is 6.30. The van der Waals surface area contributed by atoms with E-state index in [1.807, 2.05) is 12.3 Å². The Hall–Kier alpha value is -2.87. The molecule has 1 heterocycles. The molecule has 0 saturated carbocycles. The van der Waals surface area contributed by atoms with Crippen LogP contribution in [0.15, 0.2) is 41.3 Å². The van der Waals surface area contributed by atoms with E-state index in [0.29, 0.717) is 17.2 Å². The van der Waals surface area contributed by atoms with Gasteiger partial charge in [-0.3, -0.25) is 4.79 Å². The number of fused-ring (bicyclic) bond motifs is 1. The number of carbonyl (C=O) groups is 2. The number of thioether (sulfide) groups is 1. The van der Waals surface area contributed by atoms with E-state index in [4.69, 9.17) is 18.9 Å². The van der Waals surface area contributed by atoms with Crippen LogP contribution in [0.25, 0.3) is 0 Å². The Morgan fingerprint density at radius 1 is 1.18 bits per heavy atom. The molecule has 0 radical (unpaired) electrons. The first-order valence-corrected chi connectivity index (χ1v) is 9.83. The topological polar surface area (TPSA) is 83.1 Å². The molecule has 7 nitrogen and oxygen atoms in total. The standard InChI is InChI=1S/C20H21NO6S/c1-12(27-20(23)15-6-5-14(28-3)9-17(15)24-2)19(22)21-10-13-4-7-16-18(8-13)26-11-25-16/h4-9,12H,10-11H2,1-3H3,(H,21,22)/t12-/m0/s1. The molecule has 1 atom stereocenters. The van der Waals surface area contributed by atoms with Crippen molar-refractivity contribution in [2.45, 2.75) is 24.5 Å². The number of ether oxygens (including phenoxy) is 4. The van der Waals surface area contributed by atoms with Crippen molar-refractivity contribution in [3.8, 4) is 17.2 Å². The van der Waals surface area contributed by atoms with Gasteiger partial charge in [-0.25, -0.2) is 4.79 Å². The lowest BCUT2D eigenvalue weighted by molar-refractivity contribution is -0.129. The van der Waals surface area contributed by atoms with Gasteiger partial charge in [-0.15, -0.1) is 11.8 Å². The molecule has 1 aliphatic heterocycles. The zero-order valence-corrected chi connectivity index (χ0v) is 16.6. The van der Waals surface area contributed by atoms with Crippen molar-refractivity contribution in [1.82, 2.24) is 5.32 Å². The minimum Gasteiger partial charge on any atom is -0.496 e. The van der Waals surface area contributed by atoms with E-state index in [2.05, 4.69) is 5.32 Å². The Labute approximate surface area is 167 Å². The molecule has 1 aliphatic rings. The van der Waals surface area contributed by atoms with Gasteiger partial charge in [0.05, 0.1) is 7.11 Å². The summed E-state index contributed by atoms with van der Waals surface area (Å²) in [6, 6.07) is 10.6. The number of amides is 1. The minimum absolute atomic E-state index is 0.194. The highest BCUT2D eigenvalue weighted by Crippen LogP contribution is 2.32. The van der Waals surface area contributed by atoms with E-state index >= 15 is 0 Å². The van der Waals surface area contributed by atoms with Crippen molar-refractivity contribution in [3.63, 3.8) is 0 Å². The number of rotatable bonds is 7. The lowest BCUT2D eigenvalue weighted by Crippen LogP contribution is -2.35. The van der Waals surface area contributed by atoms with Crippen LogP contribution in [-0.4, -0.2) is 38.1 Å². The molecule has 1 N–H and O–H groups in total. The second-order valence-electron chi connectivity index (χ2n) is 6.02. The number of benzene rings is 2. The highest BCUT2D eigenvalue weighted by molar-refractivity contribution is 7.98. The van der Waals surface area contributed by atoms with E-state index in [1.54, 1.807) is 30.3 Å². The Bertz CT molecular complexity index is 885. The molecule has 148 valence electrons. The Morgan fingerprint density at radius 2 is 1.96 bits per heavy atom. The molecule has 0 saturated heterocycles. The van der Waals surface area contributed by atoms with Crippen molar-refractivity contribution in [3.05, 3.63) is 47.5 Å².